The van der Waals surface area contributed by atoms with Crippen LogP contribution in [0, 0.1) is 0 Å². The molecule has 0 aromatic heterocycles. The van der Waals surface area contributed by atoms with E-state index in [4.69, 9.17) is 0 Å². The number of fused-ring (bicyclic) bond motifs is 1. The molecule has 15 heavy (non-hydrogen) atoms. The van der Waals surface area contributed by atoms with E-state index >= 15 is 0 Å². The van der Waals surface area contributed by atoms with Crippen molar-refractivity contribution in [2.45, 2.75) is 6.42 Å². The molecular weight excluding hydrogens is 186 g/mol. The maximum Gasteiger partial charge on any atom is 0.0854 e. The number of rotatable bonds is 0. The Labute approximate surface area is 87.7 Å². The van der Waals surface area contributed by atoms with Gasteiger partial charge in [-0.25, -0.2) is 0 Å². The maximum atomic E-state index is 4.38. The number of aliphatic imine (C=N–C) groups is 3. The predicted molar refractivity (Wildman–Crippen MR) is 62.4 cm³/mol. The Morgan fingerprint density at radius 3 is 2.87 bits per heavy atom. The van der Waals surface area contributed by atoms with Crippen LogP contribution in [0.25, 0.3) is 0 Å². The zero-order valence-electron chi connectivity index (χ0n) is 8.09. The van der Waals surface area contributed by atoms with Crippen LogP contribution < -0.4 is 0 Å². The van der Waals surface area contributed by atoms with Crippen LogP contribution in [0.2, 0.25) is 0 Å². The van der Waals surface area contributed by atoms with E-state index < -0.39 is 0 Å². The fourth-order valence-electron chi connectivity index (χ4n) is 1.72. The Bertz CT molecular complexity index is 511. The molecule has 0 aromatic carbocycles. The summed E-state index contributed by atoms with van der Waals surface area (Å²) in [5.74, 6) is 0. The lowest BCUT2D eigenvalue weighted by Gasteiger charge is -2.13. The summed E-state index contributed by atoms with van der Waals surface area (Å²) in [5, 5.41) is 0. The first kappa shape index (κ1) is 8.29. The summed E-state index contributed by atoms with van der Waals surface area (Å²) in [4.78, 5) is 12.9. The molecule has 3 aliphatic rings. The van der Waals surface area contributed by atoms with E-state index in [0.717, 1.165) is 23.4 Å². The van der Waals surface area contributed by atoms with Crippen molar-refractivity contribution in [3.8, 4) is 0 Å². The summed E-state index contributed by atoms with van der Waals surface area (Å²) < 4.78 is 0. The van der Waals surface area contributed by atoms with Gasteiger partial charge < -0.3 is 0 Å². The van der Waals surface area contributed by atoms with E-state index in [9.17, 15) is 0 Å². The van der Waals surface area contributed by atoms with E-state index in [-0.39, 0.29) is 0 Å². The highest BCUT2D eigenvalue weighted by Crippen LogP contribution is 2.31. The molecular formula is C12H9N3. The highest BCUT2D eigenvalue weighted by molar-refractivity contribution is 5.91. The zero-order chi connectivity index (χ0) is 10.1. The molecule has 0 saturated carbocycles. The molecule has 0 radical (unpaired) electrons. The Morgan fingerprint density at radius 2 is 1.93 bits per heavy atom. The highest BCUT2D eigenvalue weighted by atomic mass is 14.8. The fraction of sp³-hybridized carbons (Fsp3) is 0.0833. The van der Waals surface area contributed by atoms with Crippen LogP contribution in [0.5, 0.6) is 0 Å². The van der Waals surface area contributed by atoms with Gasteiger partial charge in [0.2, 0.25) is 0 Å². The molecule has 3 heteroatoms. The molecule has 0 spiro atoms. The van der Waals surface area contributed by atoms with Gasteiger partial charge in [0.1, 0.15) is 0 Å². The van der Waals surface area contributed by atoms with Crippen molar-refractivity contribution in [3.63, 3.8) is 0 Å². The van der Waals surface area contributed by atoms with Gasteiger partial charge in [0, 0.05) is 36.8 Å². The molecule has 2 aliphatic heterocycles. The number of allylic oxidation sites excluding steroid dienone is 5. The molecule has 3 rings (SSSR count). The molecule has 0 unspecified atom stereocenters. The number of hydrogen-bond donors (Lipinski definition) is 0. The Balaban J connectivity index is 2.08. The van der Waals surface area contributed by atoms with Crippen molar-refractivity contribution in [2.24, 2.45) is 15.0 Å². The molecule has 0 atom stereocenters. The third-order valence-corrected chi connectivity index (χ3v) is 2.49. The van der Waals surface area contributed by atoms with E-state index in [1.807, 2.05) is 30.6 Å². The quantitative estimate of drug-likeness (QED) is 0.568. The second-order valence-electron chi connectivity index (χ2n) is 3.48. The minimum absolute atomic E-state index is 0.822. The molecule has 0 bridgehead atoms. The summed E-state index contributed by atoms with van der Waals surface area (Å²) in [6.07, 6.45) is 14.0. The van der Waals surface area contributed by atoms with Crippen molar-refractivity contribution in [1.29, 1.82) is 0 Å². The van der Waals surface area contributed by atoms with Crippen LogP contribution in [0.1, 0.15) is 6.42 Å². The predicted octanol–water partition coefficient (Wildman–Crippen LogP) is 2.21. The molecule has 0 aromatic rings. The molecule has 2 heterocycles. The second-order valence-corrected chi connectivity index (χ2v) is 3.48. The number of hydrogen-bond acceptors (Lipinski definition) is 3. The molecule has 0 saturated heterocycles. The van der Waals surface area contributed by atoms with Gasteiger partial charge in [-0.15, -0.1) is 0 Å². The van der Waals surface area contributed by atoms with E-state index in [1.165, 1.54) is 5.57 Å². The third-order valence-electron chi connectivity index (χ3n) is 2.49. The minimum atomic E-state index is 0.822. The summed E-state index contributed by atoms with van der Waals surface area (Å²) in [6, 6.07) is 0. The SMILES string of the molecule is C1=CC=NC2=C(C=C3C=NC=C3C2)N=C1. The summed E-state index contributed by atoms with van der Waals surface area (Å²) in [6.45, 7) is 0. The van der Waals surface area contributed by atoms with Gasteiger partial charge >= 0.3 is 0 Å². The third kappa shape index (κ3) is 1.42. The van der Waals surface area contributed by atoms with Gasteiger partial charge in [0.25, 0.3) is 0 Å². The smallest absolute Gasteiger partial charge is 0.0854 e. The van der Waals surface area contributed by atoms with Crippen molar-refractivity contribution < 1.29 is 0 Å². The first-order valence-electron chi connectivity index (χ1n) is 4.84. The van der Waals surface area contributed by atoms with Gasteiger partial charge in [-0.05, 0) is 23.8 Å². The van der Waals surface area contributed by atoms with Crippen LogP contribution >= 0.6 is 0 Å². The first-order valence-corrected chi connectivity index (χ1v) is 4.84. The maximum absolute atomic E-state index is 4.38. The summed E-state index contributed by atoms with van der Waals surface area (Å²) >= 11 is 0. The lowest BCUT2D eigenvalue weighted by atomic mass is 9.97. The lowest BCUT2D eigenvalue weighted by Crippen LogP contribution is -2.00. The van der Waals surface area contributed by atoms with E-state index in [0.29, 0.717) is 0 Å². The van der Waals surface area contributed by atoms with Crippen LogP contribution in [0.3, 0.4) is 0 Å². The zero-order valence-corrected chi connectivity index (χ0v) is 8.09. The monoisotopic (exact) mass is 195 g/mol. The van der Waals surface area contributed by atoms with Crippen molar-refractivity contribution in [1.82, 2.24) is 0 Å². The van der Waals surface area contributed by atoms with Gasteiger partial charge in [-0.1, -0.05) is 0 Å². The van der Waals surface area contributed by atoms with Crippen molar-refractivity contribution >= 4 is 18.6 Å². The fourth-order valence-corrected chi connectivity index (χ4v) is 1.72. The topological polar surface area (TPSA) is 37.1 Å². The molecule has 0 amide bonds. The first-order chi connectivity index (χ1) is 7.43. The molecule has 3 nitrogen and oxygen atoms in total. The number of nitrogens with zero attached hydrogens (tertiary/aromatic N) is 3. The summed E-state index contributed by atoms with van der Waals surface area (Å²) in [5.41, 5.74) is 4.34. The summed E-state index contributed by atoms with van der Waals surface area (Å²) in [7, 11) is 0. The normalized spacial score (nSPS) is 21.9. The largest absolute Gasteiger partial charge is 0.264 e. The standard InChI is InChI=1S/C12H9N3/c1-2-4-15-12-6-10-8-13-7-9(10)5-11(12)14-3-1/h1-5,7-8H,6H2. The van der Waals surface area contributed by atoms with Gasteiger partial charge in [0.15, 0.2) is 0 Å². The van der Waals surface area contributed by atoms with Crippen LogP contribution in [-0.4, -0.2) is 18.6 Å². The Morgan fingerprint density at radius 1 is 1.07 bits per heavy atom. The van der Waals surface area contributed by atoms with Crippen LogP contribution in [0.4, 0.5) is 0 Å². The van der Waals surface area contributed by atoms with Crippen molar-refractivity contribution in [3.05, 3.63) is 47.0 Å². The lowest BCUT2D eigenvalue weighted by molar-refractivity contribution is 1.04. The molecule has 0 fully saturated rings. The van der Waals surface area contributed by atoms with Crippen LogP contribution in [-0.2, 0) is 0 Å². The Hall–Kier alpha value is -2.03. The molecule has 72 valence electrons. The minimum Gasteiger partial charge on any atom is -0.264 e. The average molecular weight is 195 g/mol. The van der Waals surface area contributed by atoms with Crippen molar-refractivity contribution in [2.75, 3.05) is 0 Å². The second kappa shape index (κ2) is 3.28. The molecule has 1 aliphatic carbocycles. The van der Waals surface area contributed by atoms with Gasteiger partial charge in [-0.2, -0.15) is 0 Å². The molecule has 0 N–H and O–H groups in total. The van der Waals surface area contributed by atoms with Gasteiger partial charge in [0.05, 0.1) is 11.4 Å². The van der Waals surface area contributed by atoms with E-state index in [1.54, 1.807) is 12.4 Å². The van der Waals surface area contributed by atoms with Gasteiger partial charge in [-0.3, -0.25) is 15.0 Å². The Kier molecular flexibility index (Phi) is 1.81. The average Bonchev–Trinajstić information content (AvgIpc) is 2.64. The van der Waals surface area contributed by atoms with Crippen LogP contribution in [0.15, 0.2) is 61.9 Å². The van der Waals surface area contributed by atoms with E-state index in [2.05, 4.69) is 15.0 Å². The highest BCUT2D eigenvalue weighted by Gasteiger charge is 2.18.